The van der Waals surface area contributed by atoms with Gasteiger partial charge in [0.25, 0.3) is 5.56 Å². The Morgan fingerprint density at radius 1 is 0.805 bits per heavy atom. The fourth-order valence-electron chi connectivity index (χ4n) is 3.97. The van der Waals surface area contributed by atoms with Gasteiger partial charge in [-0.15, -0.1) is 0 Å². The summed E-state index contributed by atoms with van der Waals surface area (Å²) in [7, 11) is 0. The van der Waals surface area contributed by atoms with Crippen molar-refractivity contribution in [3.63, 3.8) is 0 Å². The van der Waals surface area contributed by atoms with Crippen LogP contribution in [-0.2, 0) is 14.4 Å². The summed E-state index contributed by atoms with van der Waals surface area (Å²) in [5.41, 5.74) is 0.0671. The molecule has 1 aromatic rings. The SMILES string of the molecule is CC(C)N1C=CCNCC1=O.CC(C)N1C=NCCC1=O.CC(C)N1CCC=CC1=O.CC(C)n1ccccc1=O. The van der Waals surface area contributed by atoms with Crippen LogP contribution in [0.2, 0.25) is 0 Å². The second-order valence-electron chi connectivity index (χ2n) is 10.9. The van der Waals surface area contributed by atoms with Gasteiger partial charge < -0.3 is 24.6 Å². The van der Waals surface area contributed by atoms with Gasteiger partial charge in [0.1, 0.15) is 0 Å². The lowest BCUT2D eigenvalue weighted by Crippen LogP contribution is -2.38. The molecule has 4 rings (SSSR count). The van der Waals surface area contributed by atoms with Gasteiger partial charge in [-0.1, -0.05) is 18.2 Å². The van der Waals surface area contributed by atoms with Crippen LogP contribution in [0.3, 0.4) is 0 Å². The summed E-state index contributed by atoms with van der Waals surface area (Å²) >= 11 is 0. The Kier molecular flexibility index (Phi) is 16.2. The maximum Gasteiger partial charge on any atom is 0.250 e. The van der Waals surface area contributed by atoms with E-state index in [1.54, 1.807) is 45.1 Å². The monoisotopic (exact) mass is 570 g/mol. The molecule has 228 valence electrons. The second-order valence-corrected chi connectivity index (χ2v) is 10.9. The van der Waals surface area contributed by atoms with Crippen molar-refractivity contribution in [2.75, 3.05) is 26.2 Å². The molecule has 0 spiro atoms. The van der Waals surface area contributed by atoms with E-state index in [1.165, 1.54) is 0 Å². The topological polar surface area (TPSA) is 107 Å². The Balaban J connectivity index is 0.000000274. The first-order chi connectivity index (χ1) is 19.4. The number of amides is 3. The number of nitrogens with zero attached hydrogens (tertiary/aromatic N) is 5. The van der Waals surface area contributed by atoms with Crippen LogP contribution < -0.4 is 10.9 Å². The zero-order valence-corrected chi connectivity index (χ0v) is 26.1. The Morgan fingerprint density at radius 3 is 1.95 bits per heavy atom. The number of rotatable bonds is 4. The number of nitrogens with one attached hydrogen (secondary N) is 1. The van der Waals surface area contributed by atoms with Crippen molar-refractivity contribution in [2.45, 2.75) is 92.4 Å². The summed E-state index contributed by atoms with van der Waals surface area (Å²) in [4.78, 5) is 53.7. The van der Waals surface area contributed by atoms with E-state index < -0.39 is 0 Å². The third-order valence-electron chi connectivity index (χ3n) is 6.26. The molecule has 4 heterocycles. The first kappa shape index (κ1) is 35.5. The van der Waals surface area contributed by atoms with Gasteiger partial charge >= 0.3 is 0 Å². The van der Waals surface area contributed by atoms with E-state index >= 15 is 0 Å². The van der Waals surface area contributed by atoms with E-state index in [1.807, 2.05) is 84.7 Å². The number of carbonyl (C=O) groups is 3. The largest absolute Gasteiger partial charge is 0.336 e. The van der Waals surface area contributed by atoms with Gasteiger partial charge in [-0.2, -0.15) is 0 Å². The maximum absolute atomic E-state index is 11.3. The molecule has 0 aliphatic carbocycles. The van der Waals surface area contributed by atoms with Gasteiger partial charge in [0, 0.05) is 68.7 Å². The van der Waals surface area contributed by atoms with Gasteiger partial charge in [-0.05, 0) is 74.0 Å². The molecule has 10 nitrogen and oxygen atoms in total. The fourth-order valence-corrected chi connectivity index (χ4v) is 3.97. The summed E-state index contributed by atoms with van der Waals surface area (Å²) in [6.45, 7) is 18.8. The van der Waals surface area contributed by atoms with Crippen LogP contribution in [0.1, 0.15) is 74.3 Å². The maximum atomic E-state index is 11.3. The molecular formula is C31H50N6O4. The quantitative estimate of drug-likeness (QED) is 0.595. The number of carbonyl (C=O) groups excluding carboxylic acids is 3. The third-order valence-corrected chi connectivity index (χ3v) is 6.26. The molecule has 3 aliphatic rings. The second kappa shape index (κ2) is 18.7. The van der Waals surface area contributed by atoms with Crippen molar-refractivity contribution < 1.29 is 14.4 Å². The first-order valence-electron chi connectivity index (χ1n) is 14.5. The van der Waals surface area contributed by atoms with Crippen LogP contribution in [0.15, 0.2) is 58.6 Å². The van der Waals surface area contributed by atoms with Crippen LogP contribution >= 0.6 is 0 Å². The molecule has 0 unspecified atom stereocenters. The molecule has 0 fully saturated rings. The molecule has 0 atom stereocenters. The van der Waals surface area contributed by atoms with E-state index in [0.717, 1.165) is 19.5 Å². The molecule has 3 aliphatic heterocycles. The van der Waals surface area contributed by atoms with Crippen molar-refractivity contribution in [1.29, 1.82) is 0 Å². The minimum Gasteiger partial charge on any atom is -0.336 e. The fraction of sp³-hybridized carbons (Fsp3) is 0.581. The summed E-state index contributed by atoms with van der Waals surface area (Å²) < 4.78 is 1.69. The molecule has 41 heavy (non-hydrogen) atoms. The van der Waals surface area contributed by atoms with Crippen LogP contribution in [-0.4, -0.2) is 87.6 Å². The lowest BCUT2D eigenvalue weighted by Gasteiger charge is -2.27. The molecule has 10 heteroatoms. The molecule has 0 aromatic carbocycles. The molecule has 1 N–H and O–H groups in total. The average Bonchev–Trinajstić information content (AvgIpc) is 3.14. The van der Waals surface area contributed by atoms with Crippen LogP contribution in [0, 0.1) is 0 Å². The molecule has 0 saturated heterocycles. The molecular weight excluding hydrogens is 520 g/mol. The summed E-state index contributed by atoms with van der Waals surface area (Å²) in [6.07, 6.45) is 12.4. The van der Waals surface area contributed by atoms with E-state index in [4.69, 9.17) is 0 Å². The van der Waals surface area contributed by atoms with E-state index in [-0.39, 0.29) is 41.4 Å². The van der Waals surface area contributed by atoms with Gasteiger partial charge in [-0.25, -0.2) is 0 Å². The lowest BCUT2D eigenvalue weighted by atomic mass is 10.2. The molecule has 1 aromatic heterocycles. The highest BCUT2D eigenvalue weighted by Gasteiger charge is 2.17. The van der Waals surface area contributed by atoms with Gasteiger partial charge in [-0.3, -0.25) is 24.2 Å². The minimum absolute atomic E-state index is 0.0671. The Bertz CT molecular complexity index is 1100. The number of aliphatic imine (C=N–C) groups is 1. The summed E-state index contributed by atoms with van der Waals surface area (Å²) in [6, 6.07) is 6.30. The smallest absolute Gasteiger partial charge is 0.250 e. The normalized spacial score (nSPS) is 16.8. The highest BCUT2D eigenvalue weighted by atomic mass is 16.2. The number of aromatic nitrogens is 1. The molecule has 0 bridgehead atoms. The van der Waals surface area contributed by atoms with Crippen molar-refractivity contribution in [3.05, 3.63) is 59.2 Å². The van der Waals surface area contributed by atoms with Crippen molar-refractivity contribution in [3.8, 4) is 0 Å². The van der Waals surface area contributed by atoms with Crippen molar-refractivity contribution in [2.24, 2.45) is 4.99 Å². The van der Waals surface area contributed by atoms with Crippen LogP contribution in [0.25, 0.3) is 0 Å². The predicted octanol–water partition coefficient (Wildman–Crippen LogP) is 3.61. The third kappa shape index (κ3) is 13.1. The molecule has 0 saturated carbocycles. The van der Waals surface area contributed by atoms with Crippen LogP contribution in [0.5, 0.6) is 0 Å². The Morgan fingerprint density at radius 2 is 1.49 bits per heavy atom. The summed E-state index contributed by atoms with van der Waals surface area (Å²) in [5.74, 6) is 0.486. The van der Waals surface area contributed by atoms with Crippen LogP contribution in [0.4, 0.5) is 0 Å². The van der Waals surface area contributed by atoms with Gasteiger partial charge in [0.2, 0.25) is 17.7 Å². The lowest BCUT2D eigenvalue weighted by molar-refractivity contribution is -0.129. The van der Waals surface area contributed by atoms with Gasteiger partial charge in [0.15, 0.2) is 0 Å². The van der Waals surface area contributed by atoms with Crippen molar-refractivity contribution in [1.82, 2.24) is 24.6 Å². The zero-order chi connectivity index (χ0) is 30.9. The minimum atomic E-state index is 0.0671. The first-order valence-corrected chi connectivity index (χ1v) is 14.5. The van der Waals surface area contributed by atoms with E-state index in [0.29, 0.717) is 25.6 Å². The van der Waals surface area contributed by atoms with Gasteiger partial charge in [0.05, 0.1) is 12.9 Å². The average molecular weight is 571 g/mol. The Hall–Kier alpha value is -3.53. The standard InChI is InChI=1S/C8H14N2O.C8H13NO.C8H11NO.C7H12N2O/c1-7(2)10-5-3-4-9-6-8(10)11;2*1-7(2)9-6-4-3-5-8(9)10;1-6(2)9-5-8-4-3-7(9)10/h3,5,7,9H,4,6H2,1-2H3;3,5,7H,4,6H2,1-2H3;3-7H,1-2H3;5-6H,3-4H2,1-2H3. The molecule has 0 radical (unpaired) electrons. The highest BCUT2D eigenvalue weighted by Crippen LogP contribution is 2.06. The number of hydrogen-bond acceptors (Lipinski definition) is 6. The predicted molar refractivity (Wildman–Crippen MR) is 166 cm³/mol. The molecule has 3 amide bonds. The number of pyridine rings is 1. The van der Waals surface area contributed by atoms with Crippen molar-refractivity contribution >= 4 is 24.1 Å². The van der Waals surface area contributed by atoms with E-state index in [9.17, 15) is 19.2 Å². The number of hydrogen-bond donors (Lipinski definition) is 1. The summed E-state index contributed by atoms with van der Waals surface area (Å²) in [5, 5.41) is 3.00. The Labute approximate surface area is 245 Å². The highest BCUT2D eigenvalue weighted by molar-refractivity contribution is 5.90. The van der Waals surface area contributed by atoms with E-state index in [2.05, 4.69) is 10.3 Å². The zero-order valence-electron chi connectivity index (χ0n) is 26.1.